The summed E-state index contributed by atoms with van der Waals surface area (Å²) in [5, 5.41) is 5.78. The van der Waals surface area contributed by atoms with Crippen molar-refractivity contribution in [2.75, 3.05) is 21.3 Å². The number of hydrogen-bond acceptors (Lipinski definition) is 6. The van der Waals surface area contributed by atoms with Gasteiger partial charge in [0.1, 0.15) is 0 Å². The Labute approximate surface area is 172 Å². The zero-order chi connectivity index (χ0) is 21.0. The maximum atomic E-state index is 12.7. The number of amides is 2. The van der Waals surface area contributed by atoms with E-state index in [0.717, 1.165) is 5.56 Å². The van der Waals surface area contributed by atoms with Gasteiger partial charge in [0.2, 0.25) is 17.6 Å². The lowest BCUT2D eigenvalue weighted by Gasteiger charge is -2.21. The monoisotopic (exact) mass is 417 g/mol. The molecule has 0 saturated carbocycles. The van der Waals surface area contributed by atoms with E-state index in [1.165, 1.54) is 33.5 Å². The molecule has 0 aliphatic carbocycles. The molecule has 2 aromatic rings. The van der Waals surface area contributed by atoms with Gasteiger partial charge in [-0.3, -0.25) is 20.2 Å². The zero-order valence-electron chi connectivity index (χ0n) is 16.1. The standard InChI is InChI=1S/C20H20ClN3O5/c1-27-15-8-12(9-16(28-2)18(15)29-3)19(26)24-20-22-14(10-17(25)23-20)11-4-6-13(21)7-5-11/h4-9,14H,10H2,1-3H3,(H2,22,23,24,25,26). The molecular formula is C20H20ClN3O5. The van der Waals surface area contributed by atoms with Crippen LogP contribution in [0.1, 0.15) is 28.4 Å². The van der Waals surface area contributed by atoms with E-state index in [9.17, 15) is 9.59 Å². The average molecular weight is 418 g/mol. The van der Waals surface area contributed by atoms with Gasteiger partial charge >= 0.3 is 0 Å². The summed E-state index contributed by atoms with van der Waals surface area (Å²) in [7, 11) is 4.39. The first-order valence-corrected chi connectivity index (χ1v) is 9.07. The molecule has 3 rings (SSSR count). The molecule has 0 aromatic heterocycles. The van der Waals surface area contributed by atoms with Crippen LogP contribution in [0.4, 0.5) is 0 Å². The largest absolute Gasteiger partial charge is 0.493 e. The molecule has 0 spiro atoms. The summed E-state index contributed by atoms with van der Waals surface area (Å²) < 4.78 is 15.8. The molecule has 2 aromatic carbocycles. The van der Waals surface area contributed by atoms with Crippen LogP contribution in [0.15, 0.2) is 41.4 Å². The Morgan fingerprint density at radius 3 is 2.28 bits per heavy atom. The Bertz CT molecular complexity index is 934. The normalized spacial score (nSPS) is 15.8. The number of carbonyl (C=O) groups excluding carboxylic acids is 2. The molecule has 1 unspecified atom stereocenters. The maximum absolute atomic E-state index is 12.7. The smallest absolute Gasteiger partial charge is 0.258 e. The van der Waals surface area contributed by atoms with Crippen LogP contribution >= 0.6 is 11.6 Å². The Morgan fingerprint density at radius 1 is 1.10 bits per heavy atom. The van der Waals surface area contributed by atoms with Crippen LogP contribution in [-0.4, -0.2) is 39.1 Å². The average Bonchev–Trinajstić information content (AvgIpc) is 2.72. The second-order valence-corrected chi connectivity index (χ2v) is 6.60. The molecule has 0 fully saturated rings. The molecule has 1 heterocycles. The summed E-state index contributed by atoms with van der Waals surface area (Å²) in [6.45, 7) is 0. The third-order valence-electron chi connectivity index (χ3n) is 4.34. The number of guanidine groups is 1. The lowest BCUT2D eigenvalue weighted by molar-refractivity contribution is -0.120. The van der Waals surface area contributed by atoms with Gasteiger partial charge in [-0.05, 0) is 29.8 Å². The topological polar surface area (TPSA) is 98.2 Å². The molecule has 9 heteroatoms. The highest BCUT2D eigenvalue weighted by Crippen LogP contribution is 2.38. The van der Waals surface area contributed by atoms with Gasteiger partial charge in [0, 0.05) is 10.6 Å². The first kappa shape index (κ1) is 20.5. The minimum absolute atomic E-state index is 0.0694. The van der Waals surface area contributed by atoms with Gasteiger partial charge < -0.3 is 14.2 Å². The van der Waals surface area contributed by atoms with Gasteiger partial charge in [0.15, 0.2) is 11.5 Å². The molecule has 152 valence electrons. The summed E-state index contributed by atoms with van der Waals surface area (Å²) in [6.07, 6.45) is 0.172. The molecule has 0 saturated heterocycles. The molecule has 29 heavy (non-hydrogen) atoms. The van der Waals surface area contributed by atoms with Gasteiger partial charge in [-0.1, -0.05) is 23.7 Å². The summed E-state index contributed by atoms with van der Waals surface area (Å²) in [4.78, 5) is 29.3. The van der Waals surface area contributed by atoms with E-state index < -0.39 is 11.9 Å². The van der Waals surface area contributed by atoms with Gasteiger partial charge in [0.05, 0.1) is 33.8 Å². The van der Waals surface area contributed by atoms with Gasteiger partial charge in [-0.25, -0.2) is 4.99 Å². The quantitative estimate of drug-likeness (QED) is 0.779. The predicted molar refractivity (Wildman–Crippen MR) is 108 cm³/mol. The van der Waals surface area contributed by atoms with E-state index in [1.54, 1.807) is 24.3 Å². The minimum Gasteiger partial charge on any atom is -0.493 e. The van der Waals surface area contributed by atoms with Crippen molar-refractivity contribution in [3.05, 3.63) is 52.5 Å². The number of aliphatic imine (C=N–C) groups is 1. The summed E-state index contributed by atoms with van der Waals surface area (Å²) in [5.74, 6) is 0.383. The molecule has 1 aliphatic heterocycles. The van der Waals surface area contributed by atoms with Crippen LogP contribution in [0.2, 0.25) is 5.02 Å². The van der Waals surface area contributed by atoms with Crippen molar-refractivity contribution in [2.24, 2.45) is 4.99 Å². The first-order valence-electron chi connectivity index (χ1n) is 8.69. The van der Waals surface area contributed by atoms with Crippen molar-refractivity contribution in [2.45, 2.75) is 12.5 Å². The minimum atomic E-state index is -0.486. The van der Waals surface area contributed by atoms with Crippen molar-refractivity contribution in [1.29, 1.82) is 0 Å². The number of carbonyl (C=O) groups is 2. The number of hydrogen-bond donors (Lipinski definition) is 2. The van der Waals surface area contributed by atoms with Crippen molar-refractivity contribution >= 4 is 29.4 Å². The number of nitrogens with one attached hydrogen (secondary N) is 2. The lowest BCUT2D eigenvalue weighted by Crippen LogP contribution is -2.47. The molecular weight excluding hydrogens is 398 g/mol. The molecule has 0 bridgehead atoms. The van der Waals surface area contributed by atoms with Crippen LogP contribution < -0.4 is 24.8 Å². The van der Waals surface area contributed by atoms with E-state index in [1.807, 2.05) is 0 Å². The van der Waals surface area contributed by atoms with Crippen LogP contribution in [0.25, 0.3) is 0 Å². The fourth-order valence-corrected chi connectivity index (χ4v) is 3.05. The third-order valence-corrected chi connectivity index (χ3v) is 4.59. The van der Waals surface area contributed by atoms with Gasteiger partial charge in [-0.15, -0.1) is 0 Å². The van der Waals surface area contributed by atoms with Crippen LogP contribution in [0.5, 0.6) is 17.2 Å². The Kier molecular flexibility index (Phi) is 6.23. The van der Waals surface area contributed by atoms with Crippen molar-refractivity contribution in [3.8, 4) is 17.2 Å². The summed E-state index contributed by atoms with van der Waals surface area (Å²) >= 11 is 5.91. The van der Waals surface area contributed by atoms with Crippen molar-refractivity contribution < 1.29 is 23.8 Å². The van der Waals surface area contributed by atoms with E-state index >= 15 is 0 Å². The van der Waals surface area contributed by atoms with E-state index in [2.05, 4.69) is 15.6 Å². The van der Waals surface area contributed by atoms with Gasteiger partial charge in [-0.2, -0.15) is 0 Å². The number of rotatable bonds is 5. The van der Waals surface area contributed by atoms with Crippen molar-refractivity contribution in [3.63, 3.8) is 0 Å². The fourth-order valence-electron chi connectivity index (χ4n) is 2.93. The molecule has 1 aliphatic rings. The van der Waals surface area contributed by atoms with Crippen LogP contribution in [0, 0.1) is 0 Å². The predicted octanol–water partition coefficient (Wildman–Crippen LogP) is 2.71. The highest BCUT2D eigenvalue weighted by molar-refractivity contribution is 6.30. The number of methoxy groups -OCH3 is 3. The number of nitrogens with zero attached hydrogens (tertiary/aromatic N) is 1. The van der Waals surface area contributed by atoms with E-state index in [-0.39, 0.29) is 23.9 Å². The van der Waals surface area contributed by atoms with E-state index in [0.29, 0.717) is 22.3 Å². The summed E-state index contributed by atoms with van der Waals surface area (Å²) in [5.41, 5.74) is 1.08. The van der Waals surface area contributed by atoms with Gasteiger partial charge in [0.25, 0.3) is 5.91 Å². The number of benzene rings is 2. The maximum Gasteiger partial charge on any atom is 0.258 e. The Morgan fingerprint density at radius 2 is 1.72 bits per heavy atom. The molecule has 2 N–H and O–H groups in total. The highest BCUT2D eigenvalue weighted by Gasteiger charge is 2.24. The Balaban J connectivity index is 1.85. The van der Waals surface area contributed by atoms with E-state index in [4.69, 9.17) is 25.8 Å². The first-order chi connectivity index (χ1) is 13.9. The molecule has 8 nitrogen and oxygen atoms in total. The fraction of sp³-hybridized carbons (Fsp3) is 0.250. The zero-order valence-corrected chi connectivity index (χ0v) is 16.9. The molecule has 0 radical (unpaired) electrons. The number of ether oxygens (including phenoxy) is 3. The lowest BCUT2D eigenvalue weighted by atomic mass is 10.0. The van der Waals surface area contributed by atoms with Crippen LogP contribution in [0.3, 0.4) is 0 Å². The Hall–Kier alpha value is -3.26. The third kappa shape index (κ3) is 4.60. The number of halogens is 1. The SMILES string of the molecule is COc1cc(C(=O)NC2=NC(c3ccc(Cl)cc3)CC(=O)N2)cc(OC)c1OC. The second-order valence-electron chi connectivity index (χ2n) is 6.17. The molecule has 2 amide bonds. The van der Waals surface area contributed by atoms with Crippen LogP contribution in [-0.2, 0) is 4.79 Å². The summed E-state index contributed by atoms with van der Waals surface area (Å²) in [6, 6.07) is 9.66. The molecule has 1 atom stereocenters. The highest BCUT2D eigenvalue weighted by atomic mass is 35.5. The second kappa shape index (κ2) is 8.83. The van der Waals surface area contributed by atoms with Crippen molar-refractivity contribution in [1.82, 2.24) is 10.6 Å².